The number of rotatable bonds is 7. The smallest absolute Gasteiger partial charge is 0.0673 e. The summed E-state index contributed by atoms with van der Waals surface area (Å²) in [5.74, 6) is 0. The van der Waals surface area contributed by atoms with E-state index in [9.17, 15) is 0 Å². The fourth-order valence-electron chi connectivity index (χ4n) is 2.71. The second kappa shape index (κ2) is 8.40. The average molecular weight is 276 g/mol. The lowest BCUT2D eigenvalue weighted by Crippen LogP contribution is -2.48. The summed E-state index contributed by atoms with van der Waals surface area (Å²) in [6.07, 6.45) is 1.46. The van der Waals surface area contributed by atoms with Crippen LogP contribution in [0, 0.1) is 0 Å². The van der Waals surface area contributed by atoms with Crippen LogP contribution in [0.3, 0.4) is 0 Å². The van der Waals surface area contributed by atoms with Gasteiger partial charge in [-0.15, -0.1) is 0 Å². The molecule has 1 aliphatic rings. The molecule has 112 valence electrons. The lowest BCUT2D eigenvalue weighted by Gasteiger charge is -2.35. The number of hydrogen-bond acceptors (Lipinski definition) is 3. The van der Waals surface area contributed by atoms with Crippen molar-refractivity contribution in [2.24, 2.45) is 0 Å². The molecular weight excluding hydrogens is 248 g/mol. The van der Waals surface area contributed by atoms with Gasteiger partial charge in [-0.25, -0.2) is 0 Å². The molecule has 0 bridgehead atoms. The number of benzene rings is 1. The lowest BCUT2D eigenvalue weighted by molar-refractivity contribution is 0.0230. The van der Waals surface area contributed by atoms with Gasteiger partial charge in [0.1, 0.15) is 0 Å². The van der Waals surface area contributed by atoms with Crippen molar-refractivity contribution >= 4 is 0 Å². The first-order valence-electron chi connectivity index (χ1n) is 7.88. The first-order chi connectivity index (χ1) is 9.78. The zero-order valence-corrected chi connectivity index (χ0v) is 12.9. The number of nitrogens with zero attached hydrogens (tertiary/aromatic N) is 2. The predicted molar refractivity (Wildman–Crippen MR) is 83.9 cm³/mol. The third kappa shape index (κ3) is 5.23. The molecule has 0 radical (unpaired) electrons. The topological polar surface area (TPSA) is 15.7 Å². The molecule has 1 aromatic carbocycles. The van der Waals surface area contributed by atoms with E-state index in [-0.39, 0.29) is 0 Å². The molecular formula is C17H28N2O. The van der Waals surface area contributed by atoms with Crippen LogP contribution >= 0.6 is 0 Å². The Morgan fingerprint density at radius 2 is 1.70 bits per heavy atom. The maximum absolute atomic E-state index is 5.76. The number of piperazine rings is 1. The van der Waals surface area contributed by atoms with Gasteiger partial charge in [0, 0.05) is 45.9 Å². The summed E-state index contributed by atoms with van der Waals surface area (Å²) in [6.45, 7) is 12.0. The fourth-order valence-corrected chi connectivity index (χ4v) is 2.71. The van der Waals surface area contributed by atoms with Crippen LogP contribution in [0.15, 0.2) is 30.3 Å². The second-order valence-corrected chi connectivity index (χ2v) is 5.74. The highest BCUT2D eigenvalue weighted by Gasteiger charge is 2.18. The van der Waals surface area contributed by atoms with E-state index >= 15 is 0 Å². The highest BCUT2D eigenvalue weighted by Crippen LogP contribution is 2.09. The predicted octanol–water partition coefficient (Wildman–Crippen LogP) is 2.62. The van der Waals surface area contributed by atoms with E-state index in [1.807, 2.05) is 0 Å². The number of ether oxygens (including phenoxy) is 1. The van der Waals surface area contributed by atoms with Crippen LogP contribution in [0.25, 0.3) is 0 Å². The van der Waals surface area contributed by atoms with Crippen LogP contribution in [-0.4, -0.2) is 55.2 Å². The Morgan fingerprint density at radius 3 is 2.35 bits per heavy atom. The van der Waals surface area contributed by atoms with Crippen LogP contribution in [0.2, 0.25) is 0 Å². The van der Waals surface area contributed by atoms with Gasteiger partial charge in [-0.2, -0.15) is 0 Å². The fraction of sp³-hybridized carbons (Fsp3) is 0.647. The Balaban J connectivity index is 1.67. The molecule has 0 aromatic heterocycles. The first-order valence-corrected chi connectivity index (χ1v) is 7.88. The molecule has 0 aliphatic carbocycles. The minimum atomic E-state index is 0.357. The van der Waals surface area contributed by atoms with Crippen LogP contribution in [0.4, 0.5) is 0 Å². The van der Waals surface area contributed by atoms with Gasteiger partial charge in [0.05, 0.1) is 6.10 Å². The second-order valence-electron chi connectivity index (χ2n) is 5.74. The molecule has 1 saturated heterocycles. The molecule has 1 aromatic rings. The summed E-state index contributed by atoms with van der Waals surface area (Å²) in [4.78, 5) is 5.07. The van der Waals surface area contributed by atoms with Crippen LogP contribution in [0.1, 0.15) is 25.8 Å². The monoisotopic (exact) mass is 276 g/mol. The standard InChI is InChI=1S/C17H28N2O/c1-3-13-20-16(2)14-18-9-11-19(12-10-18)15-17-7-5-4-6-8-17/h4-8,16H,3,9-15H2,1-2H3/t16-/m1/s1. The normalized spacial score (nSPS) is 19.1. The summed E-state index contributed by atoms with van der Waals surface area (Å²) in [5.41, 5.74) is 1.42. The quantitative estimate of drug-likeness (QED) is 0.761. The van der Waals surface area contributed by atoms with Gasteiger partial charge in [-0.3, -0.25) is 9.80 Å². The Morgan fingerprint density at radius 1 is 1.05 bits per heavy atom. The summed E-state index contributed by atoms with van der Waals surface area (Å²) < 4.78 is 5.76. The summed E-state index contributed by atoms with van der Waals surface area (Å²) in [6, 6.07) is 10.8. The highest BCUT2D eigenvalue weighted by molar-refractivity contribution is 5.14. The Kier molecular flexibility index (Phi) is 6.51. The van der Waals surface area contributed by atoms with Crippen molar-refractivity contribution < 1.29 is 4.74 Å². The van der Waals surface area contributed by atoms with E-state index in [4.69, 9.17) is 4.74 Å². The number of hydrogen-bond donors (Lipinski definition) is 0. The van der Waals surface area contributed by atoms with Crippen molar-refractivity contribution in [2.45, 2.75) is 32.9 Å². The zero-order valence-electron chi connectivity index (χ0n) is 12.9. The zero-order chi connectivity index (χ0) is 14.2. The van der Waals surface area contributed by atoms with E-state index in [1.54, 1.807) is 0 Å². The van der Waals surface area contributed by atoms with Crippen LogP contribution in [-0.2, 0) is 11.3 Å². The van der Waals surface area contributed by atoms with Gasteiger partial charge in [-0.05, 0) is 18.9 Å². The first kappa shape index (κ1) is 15.5. The van der Waals surface area contributed by atoms with Crippen molar-refractivity contribution in [1.82, 2.24) is 9.80 Å². The third-order valence-electron chi connectivity index (χ3n) is 3.84. The molecule has 1 heterocycles. The molecule has 0 saturated carbocycles. The molecule has 2 rings (SSSR count). The van der Waals surface area contributed by atoms with E-state index in [2.05, 4.69) is 54.0 Å². The van der Waals surface area contributed by atoms with Crippen molar-refractivity contribution in [3.63, 3.8) is 0 Å². The van der Waals surface area contributed by atoms with Gasteiger partial charge < -0.3 is 4.74 Å². The van der Waals surface area contributed by atoms with Crippen molar-refractivity contribution in [3.8, 4) is 0 Å². The summed E-state index contributed by atoms with van der Waals surface area (Å²) >= 11 is 0. The molecule has 20 heavy (non-hydrogen) atoms. The van der Waals surface area contributed by atoms with Gasteiger partial charge in [-0.1, -0.05) is 37.3 Å². The average Bonchev–Trinajstić information content (AvgIpc) is 2.48. The molecule has 1 fully saturated rings. The molecule has 1 aliphatic heterocycles. The molecule has 1 atom stereocenters. The highest BCUT2D eigenvalue weighted by atomic mass is 16.5. The molecule has 0 spiro atoms. The van der Waals surface area contributed by atoms with E-state index in [0.717, 1.165) is 52.3 Å². The minimum Gasteiger partial charge on any atom is -0.377 e. The molecule has 0 N–H and O–H groups in total. The third-order valence-corrected chi connectivity index (χ3v) is 3.84. The van der Waals surface area contributed by atoms with Crippen molar-refractivity contribution in [2.75, 3.05) is 39.3 Å². The molecule has 0 amide bonds. The minimum absolute atomic E-state index is 0.357. The maximum atomic E-state index is 5.76. The maximum Gasteiger partial charge on any atom is 0.0673 e. The Bertz CT molecular complexity index is 361. The van der Waals surface area contributed by atoms with Crippen molar-refractivity contribution in [3.05, 3.63) is 35.9 Å². The van der Waals surface area contributed by atoms with E-state index in [0.29, 0.717) is 6.10 Å². The van der Waals surface area contributed by atoms with E-state index < -0.39 is 0 Å². The summed E-state index contributed by atoms with van der Waals surface area (Å²) in [5, 5.41) is 0. The largest absolute Gasteiger partial charge is 0.377 e. The van der Waals surface area contributed by atoms with E-state index in [1.165, 1.54) is 5.56 Å². The molecule has 0 unspecified atom stereocenters. The Labute approximate surface area is 123 Å². The van der Waals surface area contributed by atoms with Gasteiger partial charge in [0.2, 0.25) is 0 Å². The SMILES string of the molecule is CCCO[C@H](C)CN1CCN(Cc2ccccc2)CC1. The van der Waals surface area contributed by atoms with Gasteiger partial charge in [0.25, 0.3) is 0 Å². The summed E-state index contributed by atoms with van der Waals surface area (Å²) in [7, 11) is 0. The van der Waals surface area contributed by atoms with Crippen LogP contribution in [0.5, 0.6) is 0 Å². The van der Waals surface area contributed by atoms with Crippen molar-refractivity contribution in [1.29, 1.82) is 0 Å². The lowest BCUT2D eigenvalue weighted by atomic mass is 10.2. The molecule has 3 nitrogen and oxygen atoms in total. The van der Waals surface area contributed by atoms with Crippen LogP contribution < -0.4 is 0 Å². The molecule has 3 heteroatoms. The Hall–Kier alpha value is -0.900. The van der Waals surface area contributed by atoms with Gasteiger partial charge in [0.15, 0.2) is 0 Å². The van der Waals surface area contributed by atoms with Gasteiger partial charge >= 0.3 is 0 Å².